The molecule has 0 spiro atoms. The van der Waals surface area contributed by atoms with Gasteiger partial charge in [0.2, 0.25) is 0 Å². The SMILES string of the molecule is Cc1ccccc1C(=O)N1CCc2c(sc(NC(=S)NC(=O)c3cccc(C(F)(F)F)c3)c2C(N)=O)C1. The standard InChI is InChI=1S/C25H21F3N4O3S2/c1-13-5-2-3-8-16(13)23(35)32-10-9-17-18(12-32)37-22(19(17)20(29)33)31-24(36)30-21(34)14-6-4-7-15(11-14)25(26,27)28/h2-8,11H,9-10,12H2,1H3,(H2,29,33)(H2,30,31,34,36). The van der Waals surface area contributed by atoms with E-state index in [1.807, 2.05) is 19.1 Å². The summed E-state index contributed by atoms with van der Waals surface area (Å²) in [5.41, 5.74) is 6.77. The molecule has 0 fully saturated rings. The summed E-state index contributed by atoms with van der Waals surface area (Å²) in [6.07, 6.45) is -4.21. The molecule has 0 radical (unpaired) electrons. The molecule has 3 amide bonds. The molecule has 1 aromatic heterocycles. The Morgan fingerprint density at radius 1 is 1.11 bits per heavy atom. The number of alkyl halides is 3. The van der Waals surface area contributed by atoms with Gasteiger partial charge in [-0.2, -0.15) is 13.2 Å². The molecule has 37 heavy (non-hydrogen) atoms. The summed E-state index contributed by atoms with van der Waals surface area (Å²) in [7, 11) is 0. The second kappa shape index (κ2) is 10.3. The maximum atomic E-state index is 13.1. The quantitative estimate of drug-likeness (QED) is 0.418. The molecular formula is C25H21F3N4O3S2. The van der Waals surface area contributed by atoms with Gasteiger partial charge in [-0.1, -0.05) is 24.3 Å². The number of anilines is 1. The van der Waals surface area contributed by atoms with E-state index in [2.05, 4.69) is 10.6 Å². The first kappa shape index (κ1) is 26.3. The van der Waals surface area contributed by atoms with Gasteiger partial charge in [0.15, 0.2) is 5.11 Å². The second-order valence-electron chi connectivity index (χ2n) is 8.35. The van der Waals surface area contributed by atoms with Crippen LogP contribution in [-0.4, -0.2) is 34.3 Å². The maximum Gasteiger partial charge on any atom is 0.416 e. The number of thiophene rings is 1. The molecule has 0 aliphatic carbocycles. The van der Waals surface area contributed by atoms with Crippen LogP contribution in [0.25, 0.3) is 0 Å². The fraction of sp³-hybridized carbons (Fsp3) is 0.200. The molecule has 0 unspecified atom stereocenters. The first-order chi connectivity index (χ1) is 17.5. The average Bonchev–Trinajstić information content (AvgIpc) is 3.20. The number of thiocarbonyl (C=S) groups is 1. The van der Waals surface area contributed by atoms with Crippen LogP contribution in [0.2, 0.25) is 0 Å². The van der Waals surface area contributed by atoms with E-state index in [4.69, 9.17) is 18.0 Å². The fourth-order valence-corrected chi connectivity index (χ4v) is 5.59. The lowest BCUT2D eigenvalue weighted by Gasteiger charge is -2.27. The predicted molar refractivity (Wildman–Crippen MR) is 138 cm³/mol. The number of nitrogens with one attached hydrogen (secondary N) is 2. The van der Waals surface area contributed by atoms with Crippen molar-refractivity contribution in [3.05, 3.63) is 86.8 Å². The Morgan fingerprint density at radius 3 is 2.51 bits per heavy atom. The summed E-state index contributed by atoms with van der Waals surface area (Å²) in [6, 6.07) is 11.2. The van der Waals surface area contributed by atoms with Crippen molar-refractivity contribution in [2.75, 3.05) is 11.9 Å². The summed E-state index contributed by atoms with van der Waals surface area (Å²) in [5, 5.41) is 5.18. The molecule has 2 heterocycles. The number of primary amides is 1. The third-order valence-corrected chi connectivity index (χ3v) is 7.21. The van der Waals surface area contributed by atoms with Crippen LogP contribution in [0.1, 0.15) is 52.6 Å². The van der Waals surface area contributed by atoms with Crippen LogP contribution in [0.15, 0.2) is 48.5 Å². The van der Waals surface area contributed by atoms with Crippen LogP contribution in [0, 0.1) is 6.92 Å². The topological polar surface area (TPSA) is 105 Å². The second-order valence-corrected chi connectivity index (χ2v) is 9.86. The van der Waals surface area contributed by atoms with Crippen molar-refractivity contribution in [2.45, 2.75) is 26.1 Å². The van der Waals surface area contributed by atoms with Crippen molar-refractivity contribution in [2.24, 2.45) is 5.73 Å². The molecule has 3 aromatic rings. The summed E-state index contributed by atoms with van der Waals surface area (Å²) < 4.78 is 38.9. The lowest BCUT2D eigenvalue weighted by atomic mass is 10.0. The highest BCUT2D eigenvalue weighted by atomic mass is 32.1. The third kappa shape index (κ3) is 5.65. The van der Waals surface area contributed by atoms with Crippen molar-refractivity contribution < 1.29 is 27.6 Å². The van der Waals surface area contributed by atoms with Gasteiger partial charge in [-0.3, -0.25) is 19.7 Å². The monoisotopic (exact) mass is 546 g/mol. The Hall–Kier alpha value is -3.77. The van der Waals surface area contributed by atoms with E-state index in [1.165, 1.54) is 17.4 Å². The number of rotatable bonds is 4. The normalized spacial score (nSPS) is 13.0. The van der Waals surface area contributed by atoms with E-state index in [9.17, 15) is 27.6 Å². The molecule has 4 rings (SSSR count). The highest BCUT2D eigenvalue weighted by Gasteiger charge is 2.32. The summed E-state index contributed by atoms with van der Waals surface area (Å²) in [5.74, 6) is -1.68. The van der Waals surface area contributed by atoms with E-state index in [0.717, 1.165) is 28.6 Å². The molecule has 0 saturated carbocycles. The molecule has 1 aliphatic heterocycles. The Labute approximate surface area is 219 Å². The number of fused-ring (bicyclic) bond motifs is 1. The van der Waals surface area contributed by atoms with Crippen LogP contribution >= 0.6 is 23.6 Å². The number of hydrogen-bond acceptors (Lipinski definition) is 5. The van der Waals surface area contributed by atoms with E-state index >= 15 is 0 Å². The number of carbonyl (C=O) groups excluding carboxylic acids is 3. The zero-order valence-corrected chi connectivity index (χ0v) is 21.1. The minimum atomic E-state index is -4.60. The number of benzene rings is 2. The Morgan fingerprint density at radius 2 is 1.84 bits per heavy atom. The first-order valence-corrected chi connectivity index (χ1v) is 12.3. The van der Waals surface area contributed by atoms with Crippen molar-refractivity contribution in [3.8, 4) is 0 Å². The number of hydrogen-bond donors (Lipinski definition) is 3. The molecule has 4 N–H and O–H groups in total. The van der Waals surface area contributed by atoms with Crippen LogP contribution in [0.5, 0.6) is 0 Å². The van der Waals surface area contributed by atoms with Gasteiger partial charge in [0, 0.05) is 22.5 Å². The van der Waals surface area contributed by atoms with Gasteiger partial charge in [0.1, 0.15) is 5.00 Å². The van der Waals surface area contributed by atoms with Gasteiger partial charge in [0.05, 0.1) is 17.7 Å². The number of nitrogens with zero attached hydrogens (tertiary/aromatic N) is 1. The van der Waals surface area contributed by atoms with Crippen molar-refractivity contribution in [1.82, 2.24) is 10.2 Å². The third-order valence-electron chi connectivity index (χ3n) is 5.87. The Kier molecular flexibility index (Phi) is 7.32. The van der Waals surface area contributed by atoms with Gasteiger partial charge >= 0.3 is 6.18 Å². The number of nitrogens with two attached hydrogens (primary N) is 1. The zero-order valence-electron chi connectivity index (χ0n) is 19.4. The number of halogens is 3. The van der Waals surface area contributed by atoms with Gasteiger partial charge in [-0.25, -0.2) is 0 Å². The molecule has 0 atom stereocenters. The maximum absolute atomic E-state index is 13.1. The van der Waals surface area contributed by atoms with Gasteiger partial charge in [-0.15, -0.1) is 11.3 Å². The number of amides is 3. The van der Waals surface area contributed by atoms with E-state index in [-0.39, 0.29) is 33.7 Å². The Bertz CT molecular complexity index is 1420. The lowest BCUT2D eigenvalue weighted by Crippen LogP contribution is -2.36. The van der Waals surface area contributed by atoms with Crippen molar-refractivity contribution in [3.63, 3.8) is 0 Å². The molecule has 12 heteroatoms. The zero-order chi connectivity index (χ0) is 26.9. The molecule has 0 bridgehead atoms. The highest BCUT2D eigenvalue weighted by molar-refractivity contribution is 7.80. The minimum absolute atomic E-state index is 0.129. The summed E-state index contributed by atoms with van der Waals surface area (Å²) in [6.45, 7) is 2.50. The molecule has 1 aliphatic rings. The van der Waals surface area contributed by atoms with Crippen LogP contribution in [0.3, 0.4) is 0 Å². The first-order valence-electron chi connectivity index (χ1n) is 11.0. The largest absolute Gasteiger partial charge is 0.416 e. The Balaban J connectivity index is 1.51. The summed E-state index contributed by atoms with van der Waals surface area (Å²) in [4.78, 5) is 40.2. The van der Waals surface area contributed by atoms with Gasteiger partial charge in [-0.05, 0) is 61.0 Å². The number of carbonyl (C=O) groups is 3. The smallest absolute Gasteiger partial charge is 0.365 e. The molecule has 0 saturated heterocycles. The highest BCUT2D eigenvalue weighted by Crippen LogP contribution is 2.37. The number of aryl methyl sites for hydroxylation is 1. The van der Waals surface area contributed by atoms with Crippen LogP contribution in [-0.2, 0) is 19.1 Å². The fourth-order valence-electron chi connectivity index (χ4n) is 4.06. The molecular weight excluding hydrogens is 525 g/mol. The van der Waals surface area contributed by atoms with E-state index in [0.29, 0.717) is 24.1 Å². The van der Waals surface area contributed by atoms with Crippen LogP contribution in [0.4, 0.5) is 18.2 Å². The lowest BCUT2D eigenvalue weighted by molar-refractivity contribution is -0.137. The minimum Gasteiger partial charge on any atom is -0.365 e. The molecule has 2 aromatic carbocycles. The molecule has 192 valence electrons. The predicted octanol–water partition coefficient (Wildman–Crippen LogP) is 4.50. The summed E-state index contributed by atoms with van der Waals surface area (Å²) >= 11 is 6.35. The van der Waals surface area contributed by atoms with E-state index < -0.39 is 23.6 Å². The molecule has 7 nitrogen and oxygen atoms in total. The van der Waals surface area contributed by atoms with E-state index in [1.54, 1.807) is 17.0 Å². The van der Waals surface area contributed by atoms with Crippen LogP contribution < -0.4 is 16.4 Å². The van der Waals surface area contributed by atoms with Gasteiger partial charge in [0.25, 0.3) is 17.7 Å². The van der Waals surface area contributed by atoms with Gasteiger partial charge < -0.3 is 16.0 Å². The average molecular weight is 547 g/mol. The van der Waals surface area contributed by atoms with Crippen molar-refractivity contribution in [1.29, 1.82) is 0 Å². The van der Waals surface area contributed by atoms with Crippen molar-refractivity contribution >= 4 is 51.4 Å².